The van der Waals surface area contributed by atoms with Gasteiger partial charge in [-0.1, -0.05) is 44.2 Å². The van der Waals surface area contributed by atoms with Crippen molar-refractivity contribution in [1.82, 2.24) is 4.98 Å². The summed E-state index contributed by atoms with van der Waals surface area (Å²) in [4.78, 5) is 17.5. The zero-order valence-corrected chi connectivity index (χ0v) is 17.9. The Bertz CT molecular complexity index is 1130. The van der Waals surface area contributed by atoms with Gasteiger partial charge in [0.25, 0.3) is 5.91 Å². The van der Waals surface area contributed by atoms with E-state index in [0.29, 0.717) is 23.8 Å². The van der Waals surface area contributed by atoms with Gasteiger partial charge >= 0.3 is 0 Å². The highest BCUT2D eigenvalue weighted by atomic mass is 32.1. The third-order valence-electron chi connectivity index (χ3n) is 4.72. The van der Waals surface area contributed by atoms with Gasteiger partial charge in [-0.15, -0.1) is 11.3 Å². The fraction of sp³-hybridized carbons (Fsp3) is 0.200. The molecule has 0 aliphatic carbocycles. The van der Waals surface area contributed by atoms with Gasteiger partial charge in [-0.05, 0) is 54.8 Å². The van der Waals surface area contributed by atoms with Crippen molar-refractivity contribution in [1.29, 1.82) is 0 Å². The molecule has 1 amide bonds. The van der Waals surface area contributed by atoms with Gasteiger partial charge in [-0.2, -0.15) is 0 Å². The number of anilines is 1. The van der Waals surface area contributed by atoms with Crippen LogP contribution in [0.15, 0.2) is 72.8 Å². The minimum atomic E-state index is -0.161. The van der Waals surface area contributed by atoms with Crippen LogP contribution in [0.2, 0.25) is 0 Å². The minimum Gasteiger partial charge on any atom is -0.494 e. The predicted octanol–water partition coefficient (Wildman–Crippen LogP) is 6.64. The fourth-order valence-electron chi connectivity index (χ4n) is 3.07. The molecule has 0 saturated heterocycles. The van der Waals surface area contributed by atoms with Gasteiger partial charge in [-0.25, -0.2) is 4.98 Å². The highest BCUT2D eigenvalue weighted by Gasteiger charge is 2.10. The minimum absolute atomic E-state index is 0.161. The smallest absolute Gasteiger partial charge is 0.255 e. The van der Waals surface area contributed by atoms with E-state index >= 15 is 0 Å². The normalized spacial score (nSPS) is 11.0. The molecule has 0 atom stereocenters. The molecule has 0 saturated carbocycles. The van der Waals surface area contributed by atoms with Crippen LogP contribution in [-0.2, 0) is 0 Å². The Balaban J connectivity index is 1.48. The highest BCUT2D eigenvalue weighted by molar-refractivity contribution is 7.21. The van der Waals surface area contributed by atoms with E-state index in [2.05, 4.69) is 25.2 Å². The third-order valence-corrected chi connectivity index (χ3v) is 5.81. The van der Waals surface area contributed by atoms with Crippen LogP contribution < -0.4 is 10.1 Å². The number of thiazole rings is 1. The van der Waals surface area contributed by atoms with Crippen LogP contribution in [0.4, 0.5) is 5.69 Å². The van der Waals surface area contributed by atoms with Crippen molar-refractivity contribution in [2.75, 3.05) is 11.9 Å². The number of para-hydroxylation sites is 1. The van der Waals surface area contributed by atoms with E-state index in [9.17, 15) is 4.79 Å². The van der Waals surface area contributed by atoms with Gasteiger partial charge in [-0.3, -0.25) is 4.79 Å². The average Bonchev–Trinajstić information content (AvgIpc) is 3.18. The summed E-state index contributed by atoms with van der Waals surface area (Å²) in [5.74, 6) is 1.14. The van der Waals surface area contributed by atoms with Crippen LogP contribution in [0.1, 0.15) is 30.6 Å². The maximum absolute atomic E-state index is 12.8. The van der Waals surface area contributed by atoms with Crippen LogP contribution in [0.5, 0.6) is 5.75 Å². The maximum atomic E-state index is 12.8. The summed E-state index contributed by atoms with van der Waals surface area (Å²) in [6, 6.07) is 23.2. The molecule has 1 N–H and O–H groups in total. The van der Waals surface area contributed by atoms with Crippen LogP contribution >= 0.6 is 11.3 Å². The summed E-state index contributed by atoms with van der Waals surface area (Å²) in [7, 11) is 0. The molecule has 5 heteroatoms. The van der Waals surface area contributed by atoms with Gasteiger partial charge in [0.15, 0.2) is 0 Å². The Morgan fingerprint density at radius 1 is 1.03 bits per heavy atom. The first-order chi connectivity index (χ1) is 14.6. The van der Waals surface area contributed by atoms with E-state index in [1.54, 1.807) is 23.5 Å². The van der Waals surface area contributed by atoms with Gasteiger partial charge in [0, 0.05) is 16.8 Å². The molecular formula is C25H24N2O2S. The molecule has 1 aromatic heterocycles. The lowest BCUT2D eigenvalue weighted by Crippen LogP contribution is -2.12. The summed E-state index contributed by atoms with van der Waals surface area (Å²) >= 11 is 1.65. The highest BCUT2D eigenvalue weighted by Crippen LogP contribution is 2.31. The second-order valence-electron chi connectivity index (χ2n) is 7.58. The molecule has 0 bridgehead atoms. The Labute approximate surface area is 180 Å². The van der Waals surface area contributed by atoms with Crippen molar-refractivity contribution in [3.63, 3.8) is 0 Å². The number of carbonyl (C=O) groups excluding carboxylic acids is 1. The quantitative estimate of drug-likeness (QED) is 0.367. The molecule has 30 heavy (non-hydrogen) atoms. The van der Waals surface area contributed by atoms with Crippen LogP contribution in [0.3, 0.4) is 0 Å². The number of nitrogens with zero attached hydrogens (tertiary/aromatic N) is 1. The summed E-state index contributed by atoms with van der Waals surface area (Å²) < 4.78 is 6.93. The first kappa shape index (κ1) is 20.1. The largest absolute Gasteiger partial charge is 0.494 e. The summed E-state index contributed by atoms with van der Waals surface area (Å²) in [6.45, 7) is 4.97. The lowest BCUT2D eigenvalue weighted by Gasteiger charge is -2.10. The molecule has 0 spiro atoms. The second kappa shape index (κ2) is 9.09. The monoisotopic (exact) mass is 416 g/mol. The summed E-state index contributed by atoms with van der Waals surface area (Å²) in [5.41, 5.74) is 3.28. The van der Waals surface area contributed by atoms with Gasteiger partial charge < -0.3 is 10.1 Å². The van der Waals surface area contributed by atoms with Gasteiger partial charge in [0.05, 0.1) is 16.8 Å². The molecule has 1 heterocycles. The number of nitrogens with one attached hydrogen (secondary N) is 1. The van der Waals surface area contributed by atoms with E-state index in [1.807, 2.05) is 54.6 Å². The van der Waals surface area contributed by atoms with E-state index in [0.717, 1.165) is 32.9 Å². The lowest BCUT2D eigenvalue weighted by molar-refractivity contribution is 0.102. The topological polar surface area (TPSA) is 51.2 Å². The predicted molar refractivity (Wildman–Crippen MR) is 124 cm³/mol. The molecule has 4 rings (SSSR count). The van der Waals surface area contributed by atoms with E-state index in [1.165, 1.54) is 0 Å². The zero-order chi connectivity index (χ0) is 20.9. The fourth-order valence-corrected chi connectivity index (χ4v) is 4.03. The van der Waals surface area contributed by atoms with Crippen molar-refractivity contribution in [2.24, 2.45) is 5.92 Å². The van der Waals surface area contributed by atoms with Gasteiger partial charge in [0.2, 0.25) is 0 Å². The van der Waals surface area contributed by atoms with Crippen molar-refractivity contribution < 1.29 is 9.53 Å². The first-order valence-electron chi connectivity index (χ1n) is 10.1. The number of rotatable bonds is 7. The molecule has 152 valence electrons. The standard InChI is InChI=1S/C25H24N2O2S/c1-17(2)13-14-29-21-10-6-7-18(16-21)24(28)26-20-9-5-8-19(15-20)25-27-22-11-3-4-12-23(22)30-25/h3-12,15-17H,13-14H2,1-2H3,(H,26,28). The summed E-state index contributed by atoms with van der Waals surface area (Å²) in [5, 5.41) is 3.92. The first-order valence-corrected chi connectivity index (χ1v) is 10.9. The number of benzene rings is 3. The maximum Gasteiger partial charge on any atom is 0.255 e. The number of aromatic nitrogens is 1. The number of hydrogen-bond acceptors (Lipinski definition) is 4. The van der Waals surface area contributed by atoms with Crippen molar-refractivity contribution >= 4 is 33.1 Å². The number of carbonyl (C=O) groups is 1. The Hall–Kier alpha value is -3.18. The third kappa shape index (κ3) is 4.86. The number of hydrogen-bond donors (Lipinski definition) is 1. The van der Waals surface area contributed by atoms with Crippen LogP contribution in [-0.4, -0.2) is 17.5 Å². The molecule has 0 fully saturated rings. The molecular weight excluding hydrogens is 392 g/mol. The zero-order valence-electron chi connectivity index (χ0n) is 17.1. The van der Waals surface area contributed by atoms with E-state index in [4.69, 9.17) is 9.72 Å². The molecule has 0 aliphatic heterocycles. The average molecular weight is 417 g/mol. The van der Waals surface area contributed by atoms with E-state index < -0.39 is 0 Å². The van der Waals surface area contributed by atoms with Crippen molar-refractivity contribution in [3.8, 4) is 16.3 Å². The molecule has 4 aromatic rings. The van der Waals surface area contributed by atoms with Crippen LogP contribution in [0.25, 0.3) is 20.8 Å². The molecule has 0 radical (unpaired) electrons. The number of ether oxygens (including phenoxy) is 1. The van der Waals surface area contributed by atoms with E-state index in [-0.39, 0.29) is 5.91 Å². The SMILES string of the molecule is CC(C)CCOc1cccc(C(=O)Nc2cccc(-c3nc4ccccc4s3)c2)c1. The van der Waals surface area contributed by atoms with Gasteiger partial charge in [0.1, 0.15) is 10.8 Å². The lowest BCUT2D eigenvalue weighted by atomic mass is 10.1. The van der Waals surface area contributed by atoms with Crippen LogP contribution in [0, 0.1) is 5.92 Å². The molecule has 0 aliphatic rings. The Kier molecular flexibility index (Phi) is 6.10. The molecule has 3 aromatic carbocycles. The van der Waals surface area contributed by atoms with Crippen molar-refractivity contribution in [2.45, 2.75) is 20.3 Å². The number of amides is 1. The molecule has 0 unspecified atom stereocenters. The Morgan fingerprint density at radius 2 is 1.87 bits per heavy atom. The summed E-state index contributed by atoms with van der Waals surface area (Å²) in [6.07, 6.45) is 0.981. The Morgan fingerprint density at radius 3 is 2.70 bits per heavy atom. The number of fused-ring (bicyclic) bond motifs is 1. The van der Waals surface area contributed by atoms with Crippen molar-refractivity contribution in [3.05, 3.63) is 78.4 Å². The second-order valence-corrected chi connectivity index (χ2v) is 8.61. The molecule has 4 nitrogen and oxygen atoms in total.